The van der Waals surface area contributed by atoms with E-state index in [-0.39, 0.29) is 18.2 Å². The number of thiophene rings is 1. The van der Waals surface area contributed by atoms with Gasteiger partial charge in [-0.3, -0.25) is 14.8 Å². The fourth-order valence-corrected chi connectivity index (χ4v) is 3.49. The monoisotopic (exact) mass is 402 g/mol. The number of benzene rings is 1. The number of hydrogen-bond donors (Lipinski definition) is 3. The molecule has 0 unspecified atom stereocenters. The molecule has 28 heavy (non-hydrogen) atoms. The summed E-state index contributed by atoms with van der Waals surface area (Å²) in [7, 11) is 1.61. The van der Waals surface area contributed by atoms with Crippen LogP contribution in [0.5, 0.6) is 5.75 Å². The van der Waals surface area contributed by atoms with E-state index >= 15 is 0 Å². The molecule has 0 aliphatic rings. The van der Waals surface area contributed by atoms with Gasteiger partial charge in [-0.15, -0.1) is 11.3 Å². The zero-order valence-electron chi connectivity index (χ0n) is 16.2. The van der Waals surface area contributed by atoms with E-state index in [0.717, 1.165) is 34.6 Å². The molecule has 7 heteroatoms. The molecule has 0 aliphatic heterocycles. The molecule has 0 saturated heterocycles. The minimum Gasteiger partial charge on any atom is -0.497 e. The molecule has 0 atom stereocenters. The van der Waals surface area contributed by atoms with Crippen LogP contribution in [0.3, 0.4) is 0 Å². The zero-order valence-corrected chi connectivity index (χ0v) is 17.0. The zero-order chi connectivity index (χ0) is 20.4. The second-order valence-corrected chi connectivity index (χ2v) is 7.36. The van der Waals surface area contributed by atoms with Crippen LogP contribution in [0.4, 0.5) is 0 Å². The summed E-state index contributed by atoms with van der Waals surface area (Å²) in [5, 5.41) is 13.5. The molecule has 1 aromatic heterocycles. The lowest BCUT2D eigenvalue weighted by atomic mass is 10.0. The van der Waals surface area contributed by atoms with E-state index in [1.54, 1.807) is 23.9 Å². The molecule has 0 fully saturated rings. The van der Waals surface area contributed by atoms with E-state index in [2.05, 4.69) is 10.7 Å². The van der Waals surface area contributed by atoms with Gasteiger partial charge in [0.2, 0.25) is 5.91 Å². The molecule has 3 N–H and O–H groups in total. The van der Waals surface area contributed by atoms with Crippen molar-refractivity contribution in [1.29, 1.82) is 0 Å². The third-order valence-electron chi connectivity index (χ3n) is 4.17. The maximum atomic E-state index is 12.8. The number of aryl methyl sites for hydroxylation is 1. The summed E-state index contributed by atoms with van der Waals surface area (Å²) in [4.78, 5) is 24.8. The Morgan fingerprint density at radius 3 is 2.54 bits per heavy atom. The van der Waals surface area contributed by atoms with E-state index in [4.69, 9.17) is 9.94 Å². The minimum absolute atomic E-state index is 0.135. The van der Waals surface area contributed by atoms with Gasteiger partial charge in [0.15, 0.2) is 0 Å². The highest BCUT2D eigenvalue weighted by atomic mass is 32.1. The fourth-order valence-electron chi connectivity index (χ4n) is 2.66. The Morgan fingerprint density at radius 2 is 1.93 bits per heavy atom. The predicted octanol–water partition coefficient (Wildman–Crippen LogP) is 3.79. The average Bonchev–Trinajstić information content (AvgIpc) is 3.13. The highest BCUT2D eigenvalue weighted by molar-refractivity contribution is 7.11. The number of rotatable bonds is 10. The topological polar surface area (TPSA) is 87.7 Å². The molecule has 0 bridgehead atoms. The number of carbonyl (C=O) groups excluding carboxylic acids is 2. The normalized spacial score (nSPS) is 11.2. The highest BCUT2D eigenvalue weighted by Gasteiger charge is 2.13. The maximum absolute atomic E-state index is 12.8. The van der Waals surface area contributed by atoms with Crippen LogP contribution < -0.4 is 15.5 Å². The Morgan fingerprint density at radius 1 is 1.18 bits per heavy atom. The Hall–Kier alpha value is -2.64. The summed E-state index contributed by atoms with van der Waals surface area (Å²) in [6, 6.07) is 9.47. The molecule has 2 rings (SSSR count). The lowest BCUT2D eigenvalue weighted by Crippen LogP contribution is -2.25. The van der Waals surface area contributed by atoms with Gasteiger partial charge in [-0.05, 0) is 60.5 Å². The van der Waals surface area contributed by atoms with Crippen molar-refractivity contribution >= 4 is 34.8 Å². The smallest absolute Gasteiger partial charge is 0.251 e. The number of nitrogens with one attached hydrogen (secondary N) is 2. The van der Waals surface area contributed by atoms with E-state index in [9.17, 15) is 9.59 Å². The van der Waals surface area contributed by atoms with Crippen molar-refractivity contribution in [3.63, 3.8) is 0 Å². The molecular formula is C21H26N2O4S. The van der Waals surface area contributed by atoms with Gasteiger partial charge in [0, 0.05) is 23.4 Å². The summed E-state index contributed by atoms with van der Waals surface area (Å²) in [5.41, 5.74) is 4.20. The molecule has 2 amide bonds. The fraction of sp³-hybridized carbons (Fsp3) is 0.333. The highest BCUT2D eigenvalue weighted by Crippen LogP contribution is 2.24. The largest absolute Gasteiger partial charge is 0.497 e. The first-order chi connectivity index (χ1) is 13.5. The first kappa shape index (κ1) is 21.7. The number of hydroxylamine groups is 1. The summed E-state index contributed by atoms with van der Waals surface area (Å²) in [5.74, 6) is 0.215. The molecule has 1 heterocycles. The molecule has 0 spiro atoms. The van der Waals surface area contributed by atoms with Gasteiger partial charge in [-0.2, -0.15) is 0 Å². The summed E-state index contributed by atoms with van der Waals surface area (Å²) < 4.78 is 5.20. The second kappa shape index (κ2) is 11.3. The van der Waals surface area contributed by atoms with Gasteiger partial charge >= 0.3 is 0 Å². The standard InChI is InChI=1S/C21H26N2O4S/c1-15-12-18(28-14-15)13-19(16-7-9-17(27-2)10-8-16)21(25)22-11-5-3-4-6-20(24)23-26/h7-10,12-14,26H,3-6,11H2,1-2H3,(H,22,25)(H,23,24). The number of ether oxygens (including phenoxy) is 1. The average molecular weight is 403 g/mol. The van der Waals surface area contributed by atoms with Crippen LogP contribution in [0, 0.1) is 6.92 Å². The van der Waals surface area contributed by atoms with Crippen LogP contribution in [-0.4, -0.2) is 30.7 Å². The van der Waals surface area contributed by atoms with Crippen molar-refractivity contribution in [2.24, 2.45) is 0 Å². The van der Waals surface area contributed by atoms with E-state index < -0.39 is 0 Å². The molecule has 0 radical (unpaired) electrons. The van der Waals surface area contributed by atoms with Crippen molar-refractivity contribution in [2.45, 2.75) is 32.6 Å². The van der Waals surface area contributed by atoms with Crippen LogP contribution in [0.25, 0.3) is 11.6 Å². The van der Waals surface area contributed by atoms with Crippen molar-refractivity contribution in [3.05, 3.63) is 51.7 Å². The van der Waals surface area contributed by atoms with E-state index in [1.807, 2.05) is 43.3 Å². The molecule has 0 saturated carbocycles. The first-order valence-corrected chi connectivity index (χ1v) is 10.0. The van der Waals surface area contributed by atoms with Crippen LogP contribution in [0.1, 0.15) is 41.7 Å². The van der Waals surface area contributed by atoms with Crippen LogP contribution >= 0.6 is 11.3 Å². The number of unbranched alkanes of at least 4 members (excludes halogenated alkanes) is 2. The first-order valence-electron chi connectivity index (χ1n) is 9.16. The Labute approximate surface area is 169 Å². The van der Waals surface area contributed by atoms with Crippen molar-refractivity contribution in [3.8, 4) is 5.75 Å². The summed E-state index contributed by atoms with van der Waals surface area (Å²) in [6.07, 6.45) is 4.40. The molecular weight excluding hydrogens is 376 g/mol. The predicted molar refractivity (Wildman–Crippen MR) is 111 cm³/mol. The Bertz CT molecular complexity index is 812. The van der Waals surface area contributed by atoms with Crippen molar-refractivity contribution in [1.82, 2.24) is 10.8 Å². The van der Waals surface area contributed by atoms with Gasteiger partial charge in [0.25, 0.3) is 5.91 Å². The summed E-state index contributed by atoms with van der Waals surface area (Å²) >= 11 is 1.60. The molecule has 0 aliphatic carbocycles. The van der Waals surface area contributed by atoms with Crippen LogP contribution in [0.2, 0.25) is 0 Å². The number of carbonyl (C=O) groups is 2. The van der Waals surface area contributed by atoms with Crippen molar-refractivity contribution in [2.75, 3.05) is 13.7 Å². The maximum Gasteiger partial charge on any atom is 0.251 e. The number of hydrogen-bond acceptors (Lipinski definition) is 5. The Kier molecular flexibility index (Phi) is 8.71. The van der Waals surface area contributed by atoms with E-state index in [0.29, 0.717) is 18.5 Å². The number of methoxy groups -OCH3 is 1. The summed E-state index contributed by atoms with van der Waals surface area (Å²) in [6.45, 7) is 2.55. The lowest BCUT2D eigenvalue weighted by molar-refractivity contribution is -0.129. The number of amides is 2. The molecule has 150 valence electrons. The Balaban J connectivity index is 2.01. The molecule has 1 aromatic carbocycles. The van der Waals surface area contributed by atoms with Crippen LogP contribution in [0.15, 0.2) is 35.7 Å². The van der Waals surface area contributed by atoms with Gasteiger partial charge in [-0.25, -0.2) is 5.48 Å². The minimum atomic E-state index is -0.389. The molecule has 6 nitrogen and oxygen atoms in total. The van der Waals surface area contributed by atoms with Gasteiger partial charge in [-0.1, -0.05) is 18.6 Å². The van der Waals surface area contributed by atoms with Gasteiger partial charge in [0.1, 0.15) is 5.75 Å². The van der Waals surface area contributed by atoms with Crippen LogP contribution in [-0.2, 0) is 9.59 Å². The quantitative estimate of drug-likeness (QED) is 0.244. The second-order valence-electron chi connectivity index (χ2n) is 6.41. The molecule has 2 aromatic rings. The SMILES string of the molecule is COc1ccc(C(=Cc2cc(C)cs2)C(=O)NCCCCCC(=O)NO)cc1. The van der Waals surface area contributed by atoms with E-state index in [1.165, 1.54) is 0 Å². The van der Waals surface area contributed by atoms with Gasteiger partial charge < -0.3 is 10.1 Å². The third kappa shape index (κ3) is 6.83. The third-order valence-corrected chi connectivity index (χ3v) is 5.17. The lowest BCUT2D eigenvalue weighted by Gasteiger charge is -2.10. The van der Waals surface area contributed by atoms with Crippen molar-refractivity contribution < 1.29 is 19.5 Å². The van der Waals surface area contributed by atoms with Gasteiger partial charge in [0.05, 0.1) is 7.11 Å².